The summed E-state index contributed by atoms with van der Waals surface area (Å²) in [6.45, 7) is 1.74. The largest absolute Gasteiger partial charge is 0.481 e. The number of rotatable bonds is 4. The van der Waals surface area contributed by atoms with Gasteiger partial charge in [-0.3, -0.25) is 19.3 Å². The molecule has 0 saturated heterocycles. The summed E-state index contributed by atoms with van der Waals surface area (Å²) in [4.78, 5) is 38.4. The Morgan fingerprint density at radius 3 is 2.44 bits per heavy atom. The summed E-state index contributed by atoms with van der Waals surface area (Å²) in [5.74, 6) is -1.43. The molecule has 1 fully saturated rings. The molecule has 1 heterocycles. The number of hydrogen-bond acceptors (Lipinski definition) is 3. The number of carbonyl (C=O) groups excluding carboxylic acids is 2. The number of carbonyl (C=O) groups is 3. The fourth-order valence-corrected chi connectivity index (χ4v) is 4.25. The molecule has 1 saturated carbocycles. The van der Waals surface area contributed by atoms with Crippen molar-refractivity contribution in [3.8, 4) is 0 Å². The second-order valence-corrected chi connectivity index (χ2v) is 7.43. The third kappa shape index (κ3) is 2.95. The second-order valence-electron chi connectivity index (χ2n) is 7.43. The van der Waals surface area contributed by atoms with Gasteiger partial charge >= 0.3 is 5.97 Å². The molecule has 0 radical (unpaired) electrons. The summed E-state index contributed by atoms with van der Waals surface area (Å²) in [5.41, 5.74) is 1.40. The van der Waals surface area contributed by atoms with E-state index in [-0.39, 0.29) is 23.8 Å². The highest BCUT2D eigenvalue weighted by atomic mass is 16.4. The minimum absolute atomic E-state index is 0.0357. The summed E-state index contributed by atoms with van der Waals surface area (Å²) in [5, 5.41) is 14.0. The van der Waals surface area contributed by atoms with Crippen molar-refractivity contribution in [2.24, 2.45) is 5.92 Å². The first-order valence-corrected chi connectivity index (χ1v) is 9.36. The summed E-state index contributed by atoms with van der Waals surface area (Å²) in [6, 6.07) is 10.7. The number of benzene rings is 2. The van der Waals surface area contributed by atoms with Gasteiger partial charge in [0.2, 0.25) is 5.91 Å². The Labute approximate surface area is 157 Å². The van der Waals surface area contributed by atoms with Crippen molar-refractivity contribution < 1.29 is 19.5 Å². The van der Waals surface area contributed by atoms with Crippen molar-refractivity contribution in [1.82, 2.24) is 5.32 Å². The average Bonchev–Trinajstić information content (AvgIpc) is 2.96. The number of nitrogens with one attached hydrogen (secondary N) is 1. The van der Waals surface area contributed by atoms with Gasteiger partial charge < -0.3 is 10.4 Å². The molecule has 2 aromatic rings. The number of aliphatic carboxylic acids is 1. The third-order valence-corrected chi connectivity index (χ3v) is 5.78. The van der Waals surface area contributed by atoms with Gasteiger partial charge in [0.25, 0.3) is 5.91 Å². The number of nitrogens with zero attached hydrogens (tertiary/aromatic N) is 1. The molecule has 4 rings (SSSR count). The first kappa shape index (κ1) is 17.5. The topological polar surface area (TPSA) is 86.7 Å². The fourth-order valence-electron chi connectivity index (χ4n) is 4.25. The molecule has 1 aliphatic carbocycles. The Hall–Kier alpha value is -2.89. The lowest BCUT2D eigenvalue weighted by Crippen LogP contribution is -2.50. The maximum atomic E-state index is 12.9. The molecule has 0 aromatic heterocycles. The van der Waals surface area contributed by atoms with Crippen LogP contribution in [0, 0.1) is 5.92 Å². The van der Waals surface area contributed by atoms with Crippen molar-refractivity contribution in [1.29, 1.82) is 0 Å². The van der Waals surface area contributed by atoms with E-state index in [0.717, 1.165) is 16.5 Å². The Bertz CT molecular complexity index is 926. The molecular formula is C21H22N2O4. The highest BCUT2D eigenvalue weighted by molar-refractivity contribution is 6.26. The third-order valence-electron chi connectivity index (χ3n) is 5.78. The molecule has 0 spiro atoms. The van der Waals surface area contributed by atoms with Gasteiger partial charge in [-0.2, -0.15) is 0 Å². The van der Waals surface area contributed by atoms with Crippen LogP contribution in [0.25, 0.3) is 10.8 Å². The lowest BCUT2D eigenvalue weighted by molar-refractivity contribution is -0.142. The van der Waals surface area contributed by atoms with Gasteiger partial charge in [0.15, 0.2) is 0 Å². The molecule has 1 aliphatic heterocycles. The molecule has 2 aromatic carbocycles. The number of anilines is 1. The van der Waals surface area contributed by atoms with Crippen LogP contribution in [0.4, 0.5) is 5.69 Å². The van der Waals surface area contributed by atoms with E-state index >= 15 is 0 Å². The van der Waals surface area contributed by atoms with Crippen LogP contribution in [0.1, 0.15) is 43.0 Å². The van der Waals surface area contributed by atoms with Gasteiger partial charge in [0.1, 0.15) is 6.04 Å². The van der Waals surface area contributed by atoms with E-state index in [2.05, 4.69) is 5.32 Å². The summed E-state index contributed by atoms with van der Waals surface area (Å²) >= 11 is 0. The molecule has 0 bridgehead atoms. The standard InChI is InChI=1S/C21H22N2O4/c1-12(19(24)22-15-10-8-14(9-11-15)21(26)27)23-17-7-3-5-13-4-2-6-16(18(13)17)20(23)25/h2-7,12,14-15H,8-11H2,1H3,(H,22,24)(H,26,27). The van der Waals surface area contributed by atoms with Gasteiger partial charge in [-0.1, -0.05) is 24.3 Å². The van der Waals surface area contributed by atoms with E-state index in [1.165, 1.54) is 0 Å². The number of amides is 2. The second kappa shape index (κ2) is 6.68. The molecule has 2 N–H and O–H groups in total. The minimum atomic E-state index is -0.762. The van der Waals surface area contributed by atoms with Crippen LogP contribution in [0.2, 0.25) is 0 Å². The van der Waals surface area contributed by atoms with Crippen molar-refractivity contribution in [3.63, 3.8) is 0 Å². The maximum absolute atomic E-state index is 12.9. The Morgan fingerprint density at radius 2 is 1.78 bits per heavy atom. The van der Waals surface area contributed by atoms with E-state index in [4.69, 9.17) is 5.11 Å². The predicted molar refractivity (Wildman–Crippen MR) is 102 cm³/mol. The van der Waals surface area contributed by atoms with Crippen LogP contribution in [0.15, 0.2) is 36.4 Å². The number of carboxylic acids is 1. The van der Waals surface area contributed by atoms with Crippen LogP contribution in [-0.4, -0.2) is 35.0 Å². The SMILES string of the molecule is CC(C(=O)NC1CCC(C(=O)O)CC1)N1C(=O)c2cccc3cccc1c23. The van der Waals surface area contributed by atoms with Crippen molar-refractivity contribution in [2.75, 3.05) is 4.90 Å². The smallest absolute Gasteiger partial charge is 0.306 e. The Kier molecular flexibility index (Phi) is 4.34. The molecule has 2 amide bonds. The predicted octanol–water partition coefficient (Wildman–Crippen LogP) is 2.95. The first-order chi connectivity index (χ1) is 13.0. The first-order valence-electron chi connectivity index (χ1n) is 9.36. The lowest BCUT2D eigenvalue weighted by Gasteiger charge is -2.30. The van der Waals surface area contributed by atoms with E-state index in [1.807, 2.05) is 30.3 Å². The molecular weight excluding hydrogens is 344 g/mol. The van der Waals surface area contributed by atoms with Crippen LogP contribution in [0.5, 0.6) is 0 Å². The summed E-state index contributed by atoms with van der Waals surface area (Å²) in [6.07, 6.45) is 2.45. The molecule has 6 heteroatoms. The van der Waals surface area contributed by atoms with Crippen molar-refractivity contribution >= 4 is 34.2 Å². The zero-order valence-corrected chi connectivity index (χ0v) is 15.1. The summed E-state index contributed by atoms with van der Waals surface area (Å²) < 4.78 is 0. The Morgan fingerprint density at radius 1 is 1.11 bits per heavy atom. The van der Waals surface area contributed by atoms with Gasteiger partial charge in [0.05, 0.1) is 11.6 Å². The highest BCUT2D eigenvalue weighted by Gasteiger charge is 2.36. The van der Waals surface area contributed by atoms with E-state index in [9.17, 15) is 14.4 Å². The monoisotopic (exact) mass is 366 g/mol. The average molecular weight is 366 g/mol. The zero-order chi connectivity index (χ0) is 19.1. The van der Waals surface area contributed by atoms with Crippen LogP contribution < -0.4 is 10.2 Å². The molecule has 1 atom stereocenters. The van der Waals surface area contributed by atoms with Gasteiger partial charge in [-0.05, 0) is 50.1 Å². The van der Waals surface area contributed by atoms with E-state index in [1.54, 1.807) is 17.9 Å². The van der Waals surface area contributed by atoms with E-state index < -0.39 is 12.0 Å². The van der Waals surface area contributed by atoms with Gasteiger partial charge in [-0.15, -0.1) is 0 Å². The van der Waals surface area contributed by atoms with Crippen LogP contribution >= 0.6 is 0 Å². The van der Waals surface area contributed by atoms with Crippen LogP contribution in [0.3, 0.4) is 0 Å². The lowest BCUT2D eigenvalue weighted by atomic mass is 9.86. The maximum Gasteiger partial charge on any atom is 0.306 e. The normalized spacial score (nSPS) is 22.7. The minimum Gasteiger partial charge on any atom is -0.481 e. The molecule has 2 aliphatic rings. The van der Waals surface area contributed by atoms with E-state index in [0.29, 0.717) is 31.2 Å². The Balaban J connectivity index is 1.50. The summed E-state index contributed by atoms with van der Waals surface area (Å²) in [7, 11) is 0. The molecule has 27 heavy (non-hydrogen) atoms. The number of hydrogen-bond donors (Lipinski definition) is 2. The number of carboxylic acid groups (broad SMARTS) is 1. The molecule has 140 valence electrons. The molecule has 1 unspecified atom stereocenters. The van der Waals surface area contributed by atoms with Gasteiger partial charge in [-0.25, -0.2) is 0 Å². The zero-order valence-electron chi connectivity index (χ0n) is 15.1. The van der Waals surface area contributed by atoms with Crippen LogP contribution in [-0.2, 0) is 9.59 Å². The van der Waals surface area contributed by atoms with Crippen molar-refractivity contribution in [3.05, 3.63) is 42.0 Å². The quantitative estimate of drug-likeness (QED) is 0.871. The van der Waals surface area contributed by atoms with Crippen molar-refractivity contribution in [2.45, 2.75) is 44.7 Å². The highest BCUT2D eigenvalue weighted by Crippen LogP contribution is 2.38. The molecule has 6 nitrogen and oxygen atoms in total. The van der Waals surface area contributed by atoms with Gasteiger partial charge in [0, 0.05) is 17.0 Å². The fraction of sp³-hybridized carbons (Fsp3) is 0.381.